The van der Waals surface area contributed by atoms with Crippen LogP contribution in [-0.4, -0.2) is 18.1 Å². The Morgan fingerprint density at radius 1 is 1.20 bits per heavy atom. The average Bonchev–Trinajstić information content (AvgIpc) is 2.29. The van der Waals surface area contributed by atoms with Gasteiger partial charge in [0.05, 0.1) is 0 Å². The standard InChI is InChI=1S/C14H19F3N2O/c1-10(4-3-9-14(15,16)17)18-12-5-7-13(8-6-12)19-11(2)20/h5-8,10,18H,3-4,9H2,1-2H3,(H,19,20). The fourth-order valence-electron chi connectivity index (χ4n) is 1.82. The summed E-state index contributed by atoms with van der Waals surface area (Å²) in [4.78, 5) is 10.9. The highest BCUT2D eigenvalue weighted by atomic mass is 19.4. The van der Waals surface area contributed by atoms with Gasteiger partial charge >= 0.3 is 6.18 Å². The molecule has 0 aromatic heterocycles. The van der Waals surface area contributed by atoms with Crippen LogP contribution in [-0.2, 0) is 4.79 Å². The zero-order valence-electron chi connectivity index (χ0n) is 11.6. The fourth-order valence-corrected chi connectivity index (χ4v) is 1.82. The molecule has 1 aromatic carbocycles. The Balaban J connectivity index is 2.38. The Hall–Kier alpha value is -1.72. The number of halogens is 3. The second-order valence-electron chi connectivity index (χ2n) is 4.81. The van der Waals surface area contributed by atoms with Gasteiger partial charge in [-0.05, 0) is 44.0 Å². The Morgan fingerprint density at radius 3 is 2.25 bits per heavy atom. The van der Waals surface area contributed by atoms with Crippen molar-refractivity contribution in [3.05, 3.63) is 24.3 Å². The molecule has 1 unspecified atom stereocenters. The van der Waals surface area contributed by atoms with Crippen LogP contribution < -0.4 is 10.6 Å². The van der Waals surface area contributed by atoms with Crippen molar-refractivity contribution in [2.75, 3.05) is 10.6 Å². The van der Waals surface area contributed by atoms with Crippen molar-refractivity contribution in [1.82, 2.24) is 0 Å². The van der Waals surface area contributed by atoms with E-state index in [1.54, 1.807) is 24.3 Å². The first-order chi connectivity index (χ1) is 9.26. The summed E-state index contributed by atoms with van der Waals surface area (Å²) in [5, 5.41) is 5.77. The van der Waals surface area contributed by atoms with Crippen LogP contribution in [0.25, 0.3) is 0 Å². The summed E-state index contributed by atoms with van der Waals surface area (Å²) in [6.07, 6.45) is -4.27. The van der Waals surface area contributed by atoms with Crippen molar-refractivity contribution in [1.29, 1.82) is 0 Å². The van der Waals surface area contributed by atoms with E-state index in [0.29, 0.717) is 12.1 Å². The van der Waals surface area contributed by atoms with Gasteiger partial charge in [0.2, 0.25) is 5.91 Å². The Labute approximate surface area is 116 Å². The van der Waals surface area contributed by atoms with Gasteiger partial charge in [-0.3, -0.25) is 4.79 Å². The summed E-state index contributed by atoms with van der Waals surface area (Å²) in [7, 11) is 0. The van der Waals surface area contributed by atoms with Crippen molar-refractivity contribution < 1.29 is 18.0 Å². The molecule has 0 aliphatic heterocycles. The molecule has 1 atom stereocenters. The second-order valence-corrected chi connectivity index (χ2v) is 4.81. The maximum Gasteiger partial charge on any atom is 0.389 e. The van der Waals surface area contributed by atoms with Crippen LogP contribution in [0.4, 0.5) is 24.5 Å². The molecule has 0 saturated heterocycles. The Morgan fingerprint density at radius 2 is 1.75 bits per heavy atom. The van der Waals surface area contributed by atoms with Gasteiger partial charge in [-0.25, -0.2) is 0 Å². The summed E-state index contributed by atoms with van der Waals surface area (Å²) in [5.74, 6) is -0.147. The smallest absolute Gasteiger partial charge is 0.383 e. The van der Waals surface area contributed by atoms with Crippen LogP contribution in [0, 0.1) is 0 Å². The summed E-state index contributed by atoms with van der Waals surface area (Å²) >= 11 is 0. The number of hydrogen-bond donors (Lipinski definition) is 2. The number of anilines is 2. The zero-order chi connectivity index (χ0) is 15.2. The Bertz CT molecular complexity index is 429. The van der Waals surface area contributed by atoms with E-state index in [2.05, 4.69) is 10.6 Å². The van der Waals surface area contributed by atoms with Crippen molar-refractivity contribution in [3.63, 3.8) is 0 Å². The fraction of sp³-hybridized carbons (Fsp3) is 0.500. The molecule has 0 fully saturated rings. The highest BCUT2D eigenvalue weighted by Gasteiger charge is 2.26. The largest absolute Gasteiger partial charge is 0.389 e. The average molecular weight is 288 g/mol. The van der Waals surface area contributed by atoms with Gasteiger partial charge in [0.25, 0.3) is 0 Å². The number of nitrogens with one attached hydrogen (secondary N) is 2. The lowest BCUT2D eigenvalue weighted by molar-refractivity contribution is -0.135. The van der Waals surface area contributed by atoms with E-state index in [4.69, 9.17) is 0 Å². The number of rotatable bonds is 6. The van der Waals surface area contributed by atoms with E-state index >= 15 is 0 Å². The van der Waals surface area contributed by atoms with E-state index < -0.39 is 12.6 Å². The molecule has 112 valence electrons. The van der Waals surface area contributed by atoms with Gasteiger partial charge in [0, 0.05) is 30.8 Å². The quantitative estimate of drug-likeness (QED) is 0.824. The number of amides is 1. The summed E-state index contributed by atoms with van der Waals surface area (Å²) in [6, 6.07) is 7.01. The van der Waals surface area contributed by atoms with Crippen molar-refractivity contribution in [2.24, 2.45) is 0 Å². The molecule has 3 nitrogen and oxygen atoms in total. The van der Waals surface area contributed by atoms with Crippen molar-refractivity contribution in [2.45, 2.75) is 45.3 Å². The molecule has 0 radical (unpaired) electrons. The van der Waals surface area contributed by atoms with Gasteiger partial charge in [0.15, 0.2) is 0 Å². The molecular weight excluding hydrogens is 269 g/mol. The predicted molar refractivity (Wildman–Crippen MR) is 73.7 cm³/mol. The normalized spacial score (nSPS) is 12.8. The molecule has 1 amide bonds. The van der Waals surface area contributed by atoms with Crippen LogP contribution in [0.2, 0.25) is 0 Å². The summed E-state index contributed by atoms with van der Waals surface area (Å²) < 4.78 is 36.1. The van der Waals surface area contributed by atoms with Crippen molar-refractivity contribution >= 4 is 17.3 Å². The zero-order valence-corrected chi connectivity index (χ0v) is 11.6. The maximum absolute atomic E-state index is 12.0. The number of benzene rings is 1. The first-order valence-electron chi connectivity index (χ1n) is 6.47. The minimum atomic E-state index is -4.08. The van der Waals surface area contributed by atoms with Gasteiger partial charge in [-0.2, -0.15) is 13.2 Å². The Kier molecular flexibility index (Phi) is 5.85. The van der Waals surface area contributed by atoms with E-state index in [1.807, 2.05) is 6.92 Å². The van der Waals surface area contributed by atoms with Gasteiger partial charge in [-0.1, -0.05) is 0 Å². The number of hydrogen-bond acceptors (Lipinski definition) is 2. The molecule has 0 aliphatic rings. The highest BCUT2D eigenvalue weighted by molar-refractivity contribution is 5.88. The molecule has 1 rings (SSSR count). The van der Waals surface area contributed by atoms with E-state index in [0.717, 1.165) is 5.69 Å². The molecule has 0 bridgehead atoms. The van der Waals surface area contributed by atoms with Crippen LogP contribution in [0.5, 0.6) is 0 Å². The third kappa shape index (κ3) is 7.01. The SMILES string of the molecule is CC(=O)Nc1ccc(NC(C)CCCC(F)(F)F)cc1. The highest BCUT2D eigenvalue weighted by Crippen LogP contribution is 2.23. The number of carbonyl (C=O) groups excluding carboxylic acids is 1. The van der Waals surface area contributed by atoms with Crippen molar-refractivity contribution in [3.8, 4) is 0 Å². The van der Waals surface area contributed by atoms with Crippen LogP contribution >= 0.6 is 0 Å². The lowest BCUT2D eigenvalue weighted by Crippen LogP contribution is -2.16. The minimum Gasteiger partial charge on any atom is -0.383 e. The first kappa shape index (κ1) is 16.3. The molecule has 0 heterocycles. The molecule has 6 heteroatoms. The third-order valence-corrected chi connectivity index (χ3v) is 2.72. The maximum atomic E-state index is 12.0. The molecule has 2 N–H and O–H groups in total. The summed E-state index contributed by atoms with van der Waals surface area (Å²) in [6.45, 7) is 3.27. The number of carbonyl (C=O) groups is 1. The number of alkyl halides is 3. The molecule has 0 spiro atoms. The predicted octanol–water partition coefficient (Wildman–Crippen LogP) is 4.18. The van der Waals surface area contributed by atoms with Crippen LogP contribution in [0.15, 0.2) is 24.3 Å². The lowest BCUT2D eigenvalue weighted by atomic mass is 10.1. The van der Waals surface area contributed by atoms with Gasteiger partial charge < -0.3 is 10.6 Å². The van der Waals surface area contributed by atoms with Crippen LogP contribution in [0.3, 0.4) is 0 Å². The van der Waals surface area contributed by atoms with E-state index in [9.17, 15) is 18.0 Å². The molecular formula is C14H19F3N2O. The molecule has 0 aliphatic carbocycles. The van der Waals surface area contributed by atoms with E-state index in [-0.39, 0.29) is 18.4 Å². The molecule has 0 saturated carbocycles. The van der Waals surface area contributed by atoms with Crippen LogP contribution in [0.1, 0.15) is 33.1 Å². The lowest BCUT2D eigenvalue weighted by Gasteiger charge is -2.16. The van der Waals surface area contributed by atoms with Gasteiger partial charge in [-0.15, -0.1) is 0 Å². The van der Waals surface area contributed by atoms with Gasteiger partial charge in [0.1, 0.15) is 0 Å². The first-order valence-corrected chi connectivity index (χ1v) is 6.47. The topological polar surface area (TPSA) is 41.1 Å². The third-order valence-electron chi connectivity index (χ3n) is 2.72. The second kappa shape index (κ2) is 7.17. The van der Waals surface area contributed by atoms with E-state index in [1.165, 1.54) is 6.92 Å². The minimum absolute atomic E-state index is 0.0380. The molecule has 1 aromatic rings. The molecule has 20 heavy (non-hydrogen) atoms. The summed E-state index contributed by atoms with van der Waals surface area (Å²) in [5.41, 5.74) is 1.51. The monoisotopic (exact) mass is 288 g/mol.